The molecule has 0 unspecified atom stereocenters. The molecule has 0 aromatic rings. The fraction of sp³-hybridized carbons (Fsp3) is 0.125. The molecule has 0 aliphatic heterocycles. The Kier molecular flexibility index (Phi) is 4.30. The minimum absolute atomic E-state index is 0.0555. The summed E-state index contributed by atoms with van der Waals surface area (Å²) in [7, 11) is 0. The van der Waals surface area contributed by atoms with E-state index in [1.165, 1.54) is 18.2 Å². The second-order valence-electron chi connectivity index (χ2n) is 1.91. The summed E-state index contributed by atoms with van der Waals surface area (Å²) in [5.41, 5.74) is -0.178. The summed E-state index contributed by atoms with van der Waals surface area (Å²) in [5, 5.41) is 10.3. The molecule has 0 spiro atoms. The number of carbonyl (C=O) groups is 1. The Balaban J connectivity index is 4.99. The maximum absolute atomic E-state index is 10.3. The van der Waals surface area contributed by atoms with E-state index in [9.17, 15) is 14.9 Å². The van der Waals surface area contributed by atoms with Gasteiger partial charge >= 0.3 is 0 Å². The first-order valence-corrected chi connectivity index (χ1v) is 3.26. The summed E-state index contributed by atoms with van der Waals surface area (Å²) in [6.45, 7) is 4.87. The van der Waals surface area contributed by atoms with E-state index < -0.39 is 4.92 Å². The van der Waals surface area contributed by atoms with Crippen molar-refractivity contribution in [2.45, 2.75) is 6.92 Å². The smallest absolute Gasteiger partial charge is 0.279 e. The third-order valence-electron chi connectivity index (χ3n) is 1.21. The standard InChI is InChI=1S/C8H9NO3/c1-3-5-8(9(11)12)7(4-2)6-10/h3-6H,1H2,2H3/b7-4-,8-5+. The zero-order chi connectivity index (χ0) is 9.56. The fourth-order valence-corrected chi connectivity index (χ4v) is 0.650. The first-order valence-electron chi connectivity index (χ1n) is 3.26. The van der Waals surface area contributed by atoms with Gasteiger partial charge in [-0.25, -0.2) is 0 Å². The van der Waals surface area contributed by atoms with Gasteiger partial charge in [-0.1, -0.05) is 18.7 Å². The highest BCUT2D eigenvalue weighted by molar-refractivity contribution is 5.78. The summed E-state index contributed by atoms with van der Waals surface area (Å²) >= 11 is 0. The van der Waals surface area contributed by atoms with Gasteiger partial charge in [-0.15, -0.1) is 0 Å². The van der Waals surface area contributed by atoms with Crippen LogP contribution in [0.2, 0.25) is 0 Å². The van der Waals surface area contributed by atoms with Crippen LogP contribution < -0.4 is 0 Å². The number of aldehydes is 1. The molecular weight excluding hydrogens is 158 g/mol. The number of hydrogen-bond donors (Lipinski definition) is 0. The van der Waals surface area contributed by atoms with Crippen molar-refractivity contribution in [3.05, 3.63) is 46.2 Å². The molecule has 0 aromatic heterocycles. The monoisotopic (exact) mass is 167 g/mol. The summed E-state index contributed by atoms with van der Waals surface area (Å²) < 4.78 is 0. The first kappa shape index (κ1) is 10.3. The Morgan fingerprint density at radius 1 is 1.58 bits per heavy atom. The van der Waals surface area contributed by atoms with Crippen molar-refractivity contribution in [1.82, 2.24) is 0 Å². The highest BCUT2D eigenvalue weighted by Gasteiger charge is 2.13. The van der Waals surface area contributed by atoms with Crippen molar-refractivity contribution >= 4 is 6.29 Å². The zero-order valence-corrected chi connectivity index (χ0v) is 6.69. The van der Waals surface area contributed by atoms with Crippen LogP contribution in [-0.4, -0.2) is 11.2 Å². The van der Waals surface area contributed by atoms with Gasteiger partial charge in [-0.3, -0.25) is 14.9 Å². The Morgan fingerprint density at radius 2 is 2.17 bits per heavy atom. The van der Waals surface area contributed by atoms with Crippen LogP contribution in [-0.2, 0) is 4.79 Å². The van der Waals surface area contributed by atoms with E-state index in [1.807, 2.05) is 0 Å². The topological polar surface area (TPSA) is 60.2 Å². The largest absolute Gasteiger partial charge is 0.298 e. The van der Waals surface area contributed by atoms with Gasteiger partial charge in [0.2, 0.25) is 0 Å². The minimum atomic E-state index is -0.620. The molecule has 0 radical (unpaired) electrons. The van der Waals surface area contributed by atoms with Gasteiger partial charge in [-0.05, 0) is 6.92 Å². The summed E-state index contributed by atoms with van der Waals surface area (Å²) in [4.78, 5) is 20.0. The lowest BCUT2D eigenvalue weighted by atomic mass is 10.2. The molecule has 64 valence electrons. The van der Waals surface area contributed by atoms with Crippen LogP contribution in [0.4, 0.5) is 0 Å². The molecule has 0 rings (SSSR count). The molecule has 0 aliphatic carbocycles. The Morgan fingerprint density at radius 3 is 2.42 bits per heavy atom. The molecule has 4 nitrogen and oxygen atoms in total. The van der Waals surface area contributed by atoms with Gasteiger partial charge in [-0.2, -0.15) is 0 Å². The zero-order valence-electron chi connectivity index (χ0n) is 6.69. The maximum atomic E-state index is 10.3. The molecule has 0 aliphatic rings. The lowest BCUT2D eigenvalue weighted by Gasteiger charge is -1.93. The van der Waals surface area contributed by atoms with Gasteiger partial charge in [0.15, 0.2) is 6.29 Å². The number of hydrogen-bond acceptors (Lipinski definition) is 3. The number of rotatable bonds is 4. The minimum Gasteiger partial charge on any atom is -0.298 e. The van der Waals surface area contributed by atoms with Crippen LogP contribution in [0.25, 0.3) is 0 Å². The van der Waals surface area contributed by atoms with Gasteiger partial charge in [0.1, 0.15) is 0 Å². The van der Waals surface area contributed by atoms with E-state index in [0.717, 1.165) is 0 Å². The molecular formula is C8H9NO3. The van der Waals surface area contributed by atoms with Crippen LogP contribution in [0.3, 0.4) is 0 Å². The molecule has 0 N–H and O–H groups in total. The van der Waals surface area contributed by atoms with Crippen molar-refractivity contribution < 1.29 is 9.72 Å². The Labute approximate surface area is 70.0 Å². The van der Waals surface area contributed by atoms with Gasteiger partial charge in [0.05, 0.1) is 10.5 Å². The van der Waals surface area contributed by atoms with E-state index in [2.05, 4.69) is 6.58 Å². The molecule has 0 atom stereocenters. The SMILES string of the molecule is C=C/C=C(\C(C=O)=C/C)[N+](=O)[O-]. The average molecular weight is 167 g/mol. The number of carbonyl (C=O) groups excluding carboxylic acids is 1. The van der Waals surface area contributed by atoms with Crippen molar-refractivity contribution in [2.75, 3.05) is 0 Å². The predicted octanol–water partition coefficient (Wildman–Crippen LogP) is 1.48. The highest BCUT2D eigenvalue weighted by atomic mass is 16.6. The lowest BCUT2D eigenvalue weighted by molar-refractivity contribution is -0.420. The predicted molar refractivity (Wildman–Crippen MR) is 45.1 cm³/mol. The van der Waals surface area contributed by atoms with E-state index in [0.29, 0.717) is 6.29 Å². The van der Waals surface area contributed by atoms with Crippen molar-refractivity contribution in [2.24, 2.45) is 0 Å². The normalized spacial score (nSPS) is 12.4. The molecule has 4 heteroatoms. The molecule has 0 aromatic carbocycles. The number of allylic oxidation sites excluding steroid dienone is 4. The van der Waals surface area contributed by atoms with E-state index >= 15 is 0 Å². The van der Waals surface area contributed by atoms with Gasteiger partial charge < -0.3 is 0 Å². The average Bonchev–Trinajstić information content (AvgIpc) is 2.05. The third-order valence-corrected chi connectivity index (χ3v) is 1.21. The Hall–Kier alpha value is -1.71. The van der Waals surface area contributed by atoms with Crippen LogP contribution >= 0.6 is 0 Å². The van der Waals surface area contributed by atoms with E-state index in [4.69, 9.17) is 0 Å². The first-order chi connectivity index (χ1) is 5.67. The van der Waals surface area contributed by atoms with Gasteiger partial charge in [0, 0.05) is 6.08 Å². The number of nitro groups is 1. The quantitative estimate of drug-likeness (QED) is 0.209. The third kappa shape index (κ3) is 2.49. The lowest BCUT2D eigenvalue weighted by Crippen LogP contribution is -2.02. The second kappa shape index (κ2) is 5.01. The maximum Gasteiger partial charge on any atom is 0.279 e. The molecule has 12 heavy (non-hydrogen) atoms. The summed E-state index contributed by atoms with van der Waals surface area (Å²) in [5.74, 6) is 0. The van der Waals surface area contributed by atoms with Crippen molar-refractivity contribution in [3.8, 4) is 0 Å². The van der Waals surface area contributed by atoms with Crippen LogP contribution in [0.15, 0.2) is 36.1 Å². The van der Waals surface area contributed by atoms with Gasteiger partial charge in [0.25, 0.3) is 5.70 Å². The second-order valence-corrected chi connectivity index (χ2v) is 1.91. The molecule has 0 bridgehead atoms. The molecule has 0 amide bonds. The number of nitrogens with zero attached hydrogens (tertiary/aromatic N) is 1. The van der Waals surface area contributed by atoms with Crippen LogP contribution in [0.1, 0.15) is 6.92 Å². The van der Waals surface area contributed by atoms with Crippen LogP contribution in [0.5, 0.6) is 0 Å². The molecule has 0 saturated carbocycles. The van der Waals surface area contributed by atoms with E-state index in [-0.39, 0.29) is 11.3 Å². The van der Waals surface area contributed by atoms with E-state index in [1.54, 1.807) is 6.92 Å². The molecule has 0 heterocycles. The van der Waals surface area contributed by atoms with Crippen molar-refractivity contribution in [1.29, 1.82) is 0 Å². The van der Waals surface area contributed by atoms with Crippen LogP contribution in [0, 0.1) is 10.1 Å². The Bertz CT molecular complexity index is 263. The van der Waals surface area contributed by atoms with Crippen molar-refractivity contribution in [3.63, 3.8) is 0 Å². The summed E-state index contributed by atoms with van der Waals surface area (Å²) in [6, 6.07) is 0. The summed E-state index contributed by atoms with van der Waals surface area (Å²) in [6.07, 6.45) is 4.28. The fourth-order valence-electron chi connectivity index (χ4n) is 0.650. The molecule has 0 fully saturated rings. The molecule has 0 saturated heterocycles. The highest BCUT2D eigenvalue weighted by Crippen LogP contribution is 2.07.